The molecule has 0 aromatic heterocycles. The summed E-state index contributed by atoms with van der Waals surface area (Å²) in [4.78, 5) is 11.0. The second-order valence-electron chi connectivity index (χ2n) is 11.0. The van der Waals surface area contributed by atoms with E-state index >= 15 is 0 Å². The first-order valence-corrected chi connectivity index (χ1v) is 11.6. The first kappa shape index (κ1) is 18.8. The van der Waals surface area contributed by atoms with Crippen molar-refractivity contribution in [2.75, 3.05) is 0 Å². The number of carbonyl (C=O) groups is 1. The zero-order valence-corrected chi connectivity index (χ0v) is 17.3. The van der Waals surface area contributed by atoms with Crippen LogP contribution in [0.1, 0.15) is 97.8 Å². The topological polar surface area (TPSA) is 37.3 Å². The molecular formula is C24H40O2. The van der Waals surface area contributed by atoms with Gasteiger partial charge in [-0.05, 0) is 104 Å². The summed E-state index contributed by atoms with van der Waals surface area (Å²) in [6, 6.07) is 0. The Labute approximate surface area is 160 Å². The van der Waals surface area contributed by atoms with Gasteiger partial charge in [-0.1, -0.05) is 33.6 Å². The fourth-order valence-electron chi connectivity index (χ4n) is 8.82. The summed E-state index contributed by atoms with van der Waals surface area (Å²) in [6.45, 7) is 7.60. The third kappa shape index (κ3) is 2.85. The van der Waals surface area contributed by atoms with Crippen molar-refractivity contribution < 1.29 is 9.90 Å². The van der Waals surface area contributed by atoms with E-state index in [0.717, 1.165) is 36.0 Å². The zero-order valence-electron chi connectivity index (χ0n) is 17.3. The molecular weight excluding hydrogens is 320 g/mol. The molecule has 0 saturated heterocycles. The average molecular weight is 361 g/mol. The molecule has 0 spiro atoms. The first-order valence-electron chi connectivity index (χ1n) is 11.6. The van der Waals surface area contributed by atoms with Crippen LogP contribution in [0, 0.1) is 46.3 Å². The molecule has 0 aromatic rings. The van der Waals surface area contributed by atoms with Gasteiger partial charge in [-0.15, -0.1) is 0 Å². The summed E-state index contributed by atoms with van der Waals surface area (Å²) in [5.41, 5.74) is 1.12. The third-order valence-electron chi connectivity index (χ3n) is 10.2. The lowest BCUT2D eigenvalue weighted by Crippen LogP contribution is -2.53. The summed E-state index contributed by atoms with van der Waals surface area (Å²) in [6.07, 6.45) is 15.7. The van der Waals surface area contributed by atoms with Crippen molar-refractivity contribution in [2.45, 2.75) is 97.8 Å². The van der Waals surface area contributed by atoms with E-state index < -0.39 is 5.97 Å². The van der Waals surface area contributed by atoms with Crippen molar-refractivity contribution in [3.05, 3.63) is 0 Å². The van der Waals surface area contributed by atoms with Crippen LogP contribution in [-0.2, 0) is 4.79 Å². The second kappa shape index (κ2) is 6.82. The van der Waals surface area contributed by atoms with Gasteiger partial charge in [-0.25, -0.2) is 0 Å². The quantitative estimate of drug-likeness (QED) is 0.618. The highest BCUT2D eigenvalue weighted by Crippen LogP contribution is 2.68. The molecule has 6 unspecified atom stereocenters. The minimum Gasteiger partial charge on any atom is -0.481 e. The van der Waals surface area contributed by atoms with Gasteiger partial charge in [0.05, 0.1) is 0 Å². The largest absolute Gasteiger partial charge is 0.481 e. The normalized spacial score (nSPS) is 49.0. The maximum Gasteiger partial charge on any atom is 0.303 e. The smallest absolute Gasteiger partial charge is 0.303 e. The number of carboxylic acid groups (broad SMARTS) is 1. The molecule has 0 bridgehead atoms. The molecule has 0 heterocycles. The Balaban J connectivity index is 1.52. The fraction of sp³-hybridized carbons (Fsp3) is 0.958. The van der Waals surface area contributed by atoms with Crippen molar-refractivity contribution in [3.63, 3.8) is 0 Å². The van der Waals surface area contributed by atoms with Gasteiger partial charge in [0.25, 0.3) is 0 Å². The SMILES string of the molecule is C[C@H](CCC(=O)O)C1CCC2C3CCC4CCCCC4(C)C3CC[C@@]21C. The average Bonchev–Trinajstić information content (AvgIpc) is 2.96. The van der Waals surface area contributed by atoms with Crippen LogP contribution in [0.5, 0.6) is 0 Å². The van der Waals surface area contributed by atoms with Gasteiger partial charge in [-0.2, -0.15) is 0 Å². The van der Waals surface area contributed by atoms with Gasteiger partial charge in [0, 0.05) is 6.42 Å². The van der Waals surface area contributed by atoms with Crippen molar-refractivity contribution in [2.24, 2.45) is 46.3 Å². The van der Waals surface area contributed by atoms with Gasteiger partial charge in [0.15, 0.2) is 0 Å². The van der Waals surface area contributed by atoms with E-state index in [9.17, 15) is 4.79 Å². The molecule has 4 aliphatic rings. The number of carboxylic acids is 1. The standard InChI is InChI=1S/C24H40O2/c1-16(7-12-22(25)26)19-10-11-20-18-9-8-17-6-4-5-14-23(17,2)21(18)13-15-24(19,20)3/h16-21H,4-15H2,1-3H3,(H,25,26)/t16-,17?,18?,19?,20?,21?,23?,24-/m1/s1. The molecule has 0 radical (unpaired) electrons. The lowest BCUT2D eigenvalue weighted by molar-refractivity contribution is -0.137. The van der Waals surface area contributed by atoms with E-state index in [0.29, 0.717) is 23.2 Å². The van der Waals surface area contributed by atoms with Crippen molar-refractivity contribution in [3.8, 4) is 0 Å². The number of hydrogen-bond acceptors (Lipinski definition) is 1. The van der Waals surface area contributed by atoms with Crippen LogP contribution in [0.3, 0.4) is 0 Å². The predicted molar refractivity (Wildman–Crippen MR) is 106 cm³/mol. The number of rotatable bonds is 4. The van der Waals surface area contributed by atoms with Crippen LogP contribution in [-0.4, -0.2) is 11.1 Å². The molecule has 8 atom stereocenters. The lowest BCUT2D eigenvalue weighted by atomic mass is 9.44. The summed E-state index contributed by atoms with van der Waals surface area (Å²) >= 11 is 0. The highest BCUT2D eigenvalue weighted by molar-refractivity contribution is 5.66. The summed E-state index contributed by atoms with van der Waals surface area (Å²) in [5, 5.41) is 9.09. The van der Waals surface area contributed by atoms with E-state index in [1.807, 2.05) is 0 Å². The third-order valence-corrected chi connectivity index (χ3v) is 10.2. The van der Waals surface area contributed by atoms with Crippen LogP contribution >= 0.6 is 0 Å². The molecule has 0 amide bonds. The van der Waals surface area contributed by atoms with E-state index in [4.69, 9.17) is 5.11 Å². The Morgan fingerprint density at radius 1 is 0.962 bits per heavy atom. The Kier molecular flexibility index (Phi) is 4.93. The molecule has 2 heteroatoms. The van der Waals surface area contributed by atoms with E-state index in [-0.39, 0.29) is 0 Å². The highest BCUT2D eigenvalue weighted by atomic mass is 16.4. The van der Waals surface area contributed by atoms with E-state index in [2.05, 4.69) is 20.8 Å². The minimum atomic E-state index is -0.621. The van der Waals surface area contributed by atoms with Gasteiger partial charge in [0.2, 0.25) is 0 Å². The van der Waals surface area contributed by atoms with Gasteiger partial charge in [0.1, 0.15) is 0 Å². The van der Waals surface area contributed by atoms with Gasteiger partial charge in [-0.3, -0.25) is 4.79 Å². The number of hydrogen-bond donors (Lipinski definition) is 1. The van der Waals surface area contributed by atoms with Gasteiger partial charge >= 0.3 is 5.97 Å². The van der Waals surface area contributed by atoms with Crippen molar-refractivity contribution in [1.82, 2.24) is 0 Å². The summed E-state index contributed by atoms with van der Waals surface area (Å²) in [7, 11) is 0. The van der Waals surface area contributed by atoms with Crippen molar-refractivity contribution in [1.29, 1.82) is 0 Å². The molecule has 26 heavy (non-hydrogen) atoms. The molecule has 2 nitrogen and oxygen atoms in total. The Morgan fingerprint density at radius 3 is 2.50 bits per heavy atom. The monoisotopic (exact) mass is 360 g/mol. The molecule has 1 N–H and O–H groups in total. The molecule has 148 valence electrons. The predicted octanol–water partition coefficient (Wildman–Crippen LogP) is 6.54. The number of fused-ring (bicyclic) bond motifs is 5. The van der Waals surface area contributed by atoms with E-state index in [1.165, 1.54) is 64.2 Å². The van der Waals surface area contributed by atoms with Crippen LogP contribution in [0.15, 0.2) is 0 Å². The summed E-state index contributed by atoms with van der Waals surface area (Å²) < 4.78 is 0. The molecule has 4 aliphatic carbocycles. The van der Waals surface area contributed by atoms with Gasteiger partial charge < -0.3 is 5.11 Å². The lowest BCUT2D eigenvalue weighted by Gasteiger charge is -2.61. The van der Waals surface area contributed by atoms with E-state index in [1.54, 1.807) is 0 Å². The second-order valence-corrected chi connectivity index (χ2v) is 11.0. The maximum atomic E-state index is 11.0. The Bertz CT molecular complexity index is 542. The van der Waals surface area contributed by atoms with Crippen molar-refractivity contribution >= 4 is 5.97 Å². The Morgan fingerprint density at radius 2 is 1.73 bits per heavy atom. The molecule has 0 aromatic carbocycles. The maximum absolute atomic E-state index is 11.0. The minimum absolute atomic E-state index is 0.351. The number of aliphatic carboxylic acids is 1. The molecule has 4 rings (SSSR count). The van der Waals surface area contributed by atoms with Crippen LogP contribution < -0.4 is 0 Å². The Hall–Kier alpha value is -0.530. The van der Waals surface area contributed by atoms with Crippen LogP contribution in [0.2, 0.25) is 0 Å². The van der Waals surface area contributed by atoms with Crippen LogP contribution in [0.25, 0.3) is 0 Å². The summed E-state index contributed by atoms with van der Waals surface area (Å²) in [5.74, 6) is 4.57. The molecule has 4 saturated carbocycles. The zero-order chi connectivity index (χ0) is 18.5. The first-order chi connectivity index (χ1) is 12.4. The molecule has 0 aliphatic heterocycles. The molecule has 4 fully saturated rings. The fourth-order valence-corrected chi connectivity index (χ4v) is 8.82. The van der Waals surface area contributed by atoms with Crippen LogP contribution in [0.4, 0.5) is 0 Å². The highest BCUT2D eigenvalue weighted by Gasteiger charge is 2.60.